The Bertz CT molecular complexity index is 897. The average Bonchev–Trinajstić information content (AvgIpc) is 2.80. The van der Waals surface area contributed by atoms with Crippen molar-refractivity contribution in [1.82, 2.24) is 13.9 Å². The van der Waals surface area contributed by atoms with E-state index in [1.165, 1.54) is 0 Å². The third kappa shape index (κ3) is 5.68. The first-order valence-electron chi connectivity index (χ1n) is 9.77. The molecule has 0 N–H and O–H groups in total. The highest BCUT2D eigenvalue weighted by Gasteiger charge is 2.21. The van der Waals surface area contributed by atoms with E-state index < -0.39 is 0 Å². The van der Waals surface area contributed by atoms with Crippen LogP contribution in [0.2, 0.25) is 0 Å². The van der Waals surface area contributed by atoms with Gasteiger partial charge in [0.25, 0.3) is 5.56 Å². The zero-order valence-corrected chi connectivity index (χ0v) is 18.0. The van der Waals surface area contributed by atoms with Gasteiger partial charge in [0, 0.05) is 44.5 Å². The molecule has 0 unspecified atom stereocenters. The molecule has 3 rings (SSSR count). The molecule has 8 heteroatoms. The van der Waals surface area contributed by atoms with Crippen molar-refractivity contribution in [2.24, 2.45) is 0 Å². The molecule has 1 aliphatic rings. The zero-order valence-electron chi connectivity index (χ0n) is 17.2. The molecule has 7 nitrogen and oxygen atoms in total. The summed E-state index contributed by atoms with van der Waals surface area (Å²) in [7, 11) is 0. The number of hydrogen-bond acceptors (Lipinski definition) is 7. The molecule has 0 saturated carbocycles. The highest BCUT2D eigenvalue weighted by Crippen LogP contribution is 2.16. The summed E-state index contributed by atoms with van der Waals surface area (Å²) in [6.07, 6.45) is 5.44. The minimum atomic E-state index is -0.188. The highest BCUT2D eigenvalue weighted by molar-refractivity contribution is 7.96. The predicted octanol–water partition coefficient (Wildman–Crippen LogP) is 2.66. The molecule has 0 amide bonds. The molecule has 0 aliphatic carbocycles. The van der Waals surface area contributed by atoms with E-state index in [-0.39, 0.29) is 5.56 Å². The third-order valence-corrected chi connectivity index (χ3v) is 5.41. The van der Waals surface area contributed by atoms with E-state index >= 15 is 0 Å². The van der Waals surface area contributed by atoms with E-state index in [2.05, 4.69) is 15.4 Å². The number of anilines is 1. The standard InChI is InChI=1S/C19H21N5O2S.C2H6/c1-27-23-10-8-22(9-11-23)18-19(26)24(14-16(21-18)3-2-12-25)17-6-4-15(13-20)5-7-17;1-2/h4-7,12,14H,2-3,8-11H2,1H3;1-2H3. The molecule has 0 radical (unpaired) electrons. The van der Waals surface area contributed by atoms with Crippen LogP contribution in [-0.4, -0.2) is 52.6 Å². The maximum Gasteiger partial charge on any atom is 0.298 e. The smallest absolute Gasteiger partial charge is 0.298 e. The Morgan fingerprint density at radius 3 is 2.38 bits per heavy atom. The normalized spacial score (nSPS) is 13.9. The Morgan fingerprint density at radius 1 is 1.17 bits per heavy atom. The number of carbonyl (C=O) groups excluding carboxylic acids is 1. The maximum atomic E-state index is 13.1. The number of nitriles is 1. The molecule has 0 spiro atoms. The molecule has 1 fully saturated rings. The number of aromatic nitrogens is 2. The van der Waals surface area contributed by atoms with Crippen LogP contribution in [-0.2, 0) is 11.2 Å². The van der Waals surface area contributed by atoms with Crippen molar-refractivity contribution < 1.29 is 4.79 Å². The van der Waals surface area contributed by atoms with Gasteiger partial charge in [-0.25, -0.2) is 9.29 Å². The van der Waals surface area contributed by atoms with Crippen molar-refractivity contribution >= 4 is 24.1 Å². The minimum Gasteiger partial charge on any atom is -0.349 e. The number of aldehydes is 1. The van der Waals surface area contributed by atoms with Crippen molar-refractivity contribution in [3.63, 3.8) is 0 Å². The molecule has 29 heavy (non-hydrogen) atoms. The van der Waals surface area contributed by atoms with Crippen LogP contribution < -0.4 is 10.5 Å². The number of rotatable bonds is 6. The van der Waals surface area contributed by atoms with Gasteiger partial charge in [-0.1, -0.05) is 25.8 Å². The van der Waals surface area contributed by atoms with E-state index in [1.807, 2.05) is 25.0 Å². The second-order valence-corrected chi connectivity index (χ2v) is 7.08. The second kappa shape index (κ2) is 11.4. The van der Waals surface area contributed by atoms with Crippen molar-refractivity contribution in [2.75, 3.05) is 37.3 Å². The Hall–Kier alpha value is -2.63. The molecule has 1 saturated heterocycles. The Kier molecular flexibility index (Phi) is 8.90. The van der Waals surface area contributed by atoms with Crippen LogP contribution in [0.15, 0.2) is 35.3 Å². The quantitative estimate of drug-likeness (QED) is 0.532. The first kappa shape index (κ1) is 22.7. The fraction of sp³-hybridized carbons (Fsp3) is 0.429. The van der Waals surface area contributed by atoms with Gasteiger partial charge in [-0.2, -0.15) is 5.26 Å². The van der Waals surface area contributed by atoms with E-state index in [9.17, 15) is 9.59 Å². The Balaban J connectivity index is 0.00000145. The van der Waals surface area contributed by atoms with Gasteiger partial charge in [-0.3, -0.25) is 9.36 Å². The van der Waals surface area contributed by atoms with Gasteiger partial charge in [-0.15, -0.1) is 0 Å². The van der Waals surface area contributed by atoms with Crippen LogP contribution in [0.5, 0.6) is 0 Å². The van der Waals surface area contributed by atoms with E-state index in [1.54, 1.807) is 47.0 Å². The van der Waals surface area contributed by atoms with Gasteiger partial charge in [0.05, 0.1) is 17.3 Å². The van der Waals surface area contributed by atoms with Gasteiger partial charge >= 0.3 is 0 Å². The number of benzene rings is 1. The molecular weight excluding hydrogens is 386 g/mol. The number of aryl methyl sites for hydroxylation is 1. The minimum absolute atomic E-state index is 0.188. The van der Waals surface area contributed by atoms with Crippen molar-refractivity contribution in [3.8, 4) is 11.8 Å². The fourth-order valence-corrected chi connectivity index (χ4v) is 3.56. The number of carbonyl (C=O) groups is 1. The van der Waals surface area contributed by atoms with Crippen LogP contribution in [0, 0.1) is 11.3 Å². The molecule has 1 aromatic heterocycles. The largest absolute Gasteiger partial charge is 0.349 e. The Labute approximate surface area is 176 Å². The monoisotopic (exact) mass is 413 g/mol. The van der Waals surface area contributed by atoms with Gasteiger partial charge < -0.3 is 9.69 Å². The molecule has 0 atom stereocenters. The summed E-state index contributed by atoms with van der Waals surface area (Å²) in [6.45, 7) is 7.18. The number of hydrogen-bond donors (Lipinski definition) is 0. The van der Waals surface area contributed by atoms with E-state index in [4.69, 9.17) is 5.26 Å². The van der Waals surface area contributed by atoms with Crippen LogP contribution >= 0.6 is 11.9 Å². The lowest BCUT2D eigenvalue weighted by Gasteiger charge is -2.33. The lowest BCUT2D eigenvalue weighted by Crippen LogP contribution is -2.46. The first-order chi connectivity index (χ1) is 14.2. The second-order valence-electron chi connectivity index (χ2n) is 6.19. The Morgan fingerprint density at radius 2 is 1.83 bits per heavy atom. The molecule has 1 aromatic carbocycles. The lowest BCUT2D eigenvalue weighted by atomic mass is 10.2. The topological polar surface area (TPSA) is 82.2 Å². The molecule has 154 valence electrons. The molecule has 2 heterocycles. The predicted molar refractivity (Wildman–Crippen MR) is 118 cm³/mol. The van der Waals surface area contributed by atoms with E-state index in [0.717, 1.165) is 32.5 Å². The molecular formula is C21H27N5O2S. The van der Waals surface area contributed by atoms with Crippen molar-refractivity contribution in [3.05, 3.63) is 52.1 Å². The summed E-state index contributed by atoms with van der Waals surface area (Å²) >= 11 is 1.70. The summed E-state index contributed by atoms with van der Waals surface area (Å²) in [5.74, 6) is 0.420. The molecule has 1 aliphatic heterocycles. The highest BCUT2D eigenvalue weighted by atomic mass is 32.2. The first-order valence-corrected chi connectivity index (χ1v) is 10.9. The van der Waals surface area contributed by atoms with Gasteiger partial charge in [0.15, 0.2) is 5.82 Å². The molecule has 0 bridgehead atoms. The molecule has 2 aromatic rings. The summed E-state index contributed by atoms with van der Waals surface area (Å²) in [6, 6.07) is 8.95. The van der Waals surface area contributed by atoms with Crippen LogP contribution in [0.4, 0.5) is 5.82 Å². The SMILES string of the molecule is CC.CSN1CCN(c2nc(CCC=O)cn(-c3ccc(C#N)cc3)c2=O)CC1. The van der Waals surface area contributed by atoms with Gasteiger partial charge in [0.2, 0.25) is 0 Å². The lowest BCUT2D eigenvalue weighted by molar-refractivity contribution is -0.107. The summed E-state index contributed by atoms with van der Waals surface area (Å²) in [5.41, 5.74) is 1.73. The van der Waals surface area contributed by atoms with Crippen molar-refractivity contribution in [2.45, 2.75) is 26.7 Å². The summed E-state index contributed by atoms with van der Waals surface area (Å²) in [4.78, 5) is 30.5. The van der Waals surface area contributed by atoms with Crippen molar-refractivity contribution in [1.29, 1.82) is 5.26 Å². The summed E-state index contributed by atoms with van der Waals surface area (Å²) < 4.78 is 3.82. The fourth-order valence-electron chi connectivity index (χ4n) is 3.03. The van der Waals surface area contributed by atoms with Crippen LogP contribution in [0.25, 0.3) is 5.69 Å². The van der Waals surface area contributed by atoms with Gasteiger partial charge in [-0.05, 0) is 36.9 Å². The maximum absolute atomic E-state index is 13.1. The summed E-state index contributed by atoms with van der Waals surface area (Å²) in [5, 5.41) is 8.98. The average molecular weight is 414 g/mol. The van der Waals surface area contributed by atoms with Crippen LogP contribution in [0.1, 0.15) is 31.5 Å². The van der Waals surface area contributed by atoms with Crippen LogP contribution in [0.3, 0.4) is 0 Å². The third-order valence-electron chi connectivity index (χ3n) is 4.53. The van der Waals surface area contributed by atoms with Gasteiger partial charge in [0.1, 0.15) is 6.29 Å². The zero-order chi connectivity index (χ0) is 21.2. The van der Waals surface area contributed by atoms with E-state index in [0.29, 0.717) is 35.6 Å². The number of piperazine rings is 1. The number of nitrogens with zero attached hydrogens (tertiary/aromatic N) is 5.